The summed E-state index contributed by atoms with van der Waals surface area (Å²) in [6.07, 6.45) is -6.73. The van der Waals surface area contributed by atoms with Crippen LogP contribution in [0.4, 0.5) is 17.6 Å². The van der Waals surface area contributed by atoms with Crippen molar-refractivity contribution in [1.29, 1.82) is 0 Å². The first-order valence-corrected chi connectivity index (χ1v) is 5.38. The van der Waals surface area contributed by atoms with Gasteiger partial charge < -0.3 is 5.11 Å². The molecule has 0 aliphatic carbocycles. The van der Waals surface area contributed by atoms with Gasteiger partial charge in [0.25, 0.3) is 0 Å². The molecule has 1 aromatic carbocycles. The lowest BCUT2D eigenvalue weighted by Gasteiger charge is -2.13. The van der Waals surface area contributed by atoms with E-state index in [4.69, 9.17) is 11.6 Å². The van der Waals surface area contributed by atoms with Crippen LogP contribution in [0.5, 0.6) is 0 Å². The van der Waals surface area contributed by atoms with Crippen molar-refractivity contribution in [3.05, 3.63) is 34.6 Å². The highest BCUT2D eigenvalue weighted by Gasteiger charge is 2.27. The second-order valence-electron chi connectivity index (χ2n) is 3.67. The fourth-order valence-electron chi connectivity index (χ4n) is 1.43. The summed E-state index contributed by atoms with van der Waals surface area (Å²) >= 11 is 5.60. The molecule has 0 fully saturated rings. The minimum absolute atomic E-state index is 0.108. The van der Waals surface area contributed by atoms with Gasteiger partial charge in [0.2, 0.25) is 0 Å². The van der Waals surface area contributed by atoms with Gasteiger partial charge in [-0.2, -0.15) is 13.2 Å². The van der Waals surface area contributed by atoms with E-state index in [0.29, 0.717) is 0 Å². The third-order valence-electron chi connectivity index (χ3n) is 2.28. The normalized spacial score (nSPS) is 13.8. The highest BCUT2D eigenvalue weighted by molar-refractivity contribution is 6.31. The number of rotatable bonds is 4. The van der Waals surface area contributed by atoms with Gasteiger partial charge in [-0.3, -0.25) is 0 Å². The van der Waals surface area contributed by atoms with Gasteiger partial charge in [-0.25, -0.2) is 4.39 Å². The van der Waals surface area contributed by atoms with Gasteiger partial charge in [-0.05, 0) is 18.9 Å². The van der Waals surface area contributed by atoms with Gasteiger partial charge in [-0.1, -0.05) is 23.7 Å². The Morgan fingerprint density at radius 1 is 1.29 bits per heavy atom. The van der Waals surface area contributed by atoms with E-state index in [2.05, 4.69) is 0 Å². The molecule has 1 N–H and O–H groups in total. The van der Waals surface area contributed by atoms with Crippen LogP contribution >= 0.6 is 11.6 Å². The molecule has 6 heteroatoms. The summed E-state index contributed by atoms with van der Waals surface area (Å²) in [4.78, 5) is 0. The molecule has 0 saturated heterocycles. The lowest BCUT2D eigenvalue weighted by Crippen LogP contribution is -2.08. The Labute approximate surface area is 101 Å². The molecule has 1 aromatic rings. The molecule has 17 heavy (non-hydrogen) atoms. The highest BCUT2D eigenvalue weighted by atomic mass is 35.5. The Bertz CT molecular complexity index is 378. The second kappa shape index (κ2) is 5.69. The van der Waals surface area contributed by atoms with Crippen LogP contribution in [0.1, 0.15) is 30.9 Å². The van der Waals surface area contributed by atoms with Gasteiger partial charge in [0.15, 0.2) is 0 Å². The molecule has 0 heterocycles. The summed E-state index contributed by atoms with van der Waals surface area (Å²) in [6.45, 7) is 0. The Kier molecular flexibility index (Phi) is 4.77. The molecule has 1 nitrogen and oxygen atoms in total. The predicted octanol–water partition coefficient (Wildman–Crippen LogP) is 4.25. The average Bonchev–Trinajstić information content (AvgIpc) is 2.20. The number of hydrogen-bond acceptors (Lipinski definition) is 1. The van der Waals surface area contributed by atoms with Crippen LogP contribution in [0.15, 0.2) is 18.2 Å². The molecule has 0 bridgehead atoms. The number of hydrogen-bond donors (Lipinski definition) is 1. The van der Waals surface area contributed by atoms with E-state index in [9.17, 15) is 22.7 Å². The highest BCUT2D eigenvalue weighted by Crippen LogP contribution is 2.30. The van der Waals surface area contributed by atoms with Gasteiger partial charge in [0.05, 0.1) is 11.1 Å². The number of benzene rings is 1. The Morgan fingerprint density at radius 3 is 2.53 bits per heavy atom. The first-order valence-electron chi connectivity index (χ1n) is 5.00. The monoisotopic (exact) mass is 270 g/mol. The summed E-state index contributed by atoms with van der Waals surface area (Å²) in [5.74, 6) is -0.695. The SMILES string of the molecule is OC(CCCC(F)(F)F)c1cccc(F)c1Cl. The van der Waals surface area contributed by atoms with Crippen LogP contribution in [-0.4, -0.2) is 11.3 Å². The van der Waals surface area contributed by atoms with E-state index in [-0.39, 0.29) is 23.4 Å². The maximum atomic E-state index is 13.0. The van der Waals surface area contributed by atoms with Crippen molar-refractivity contribution < 1.29 is 22.7 Å². The maximum absolute atomic E-state index is 13.0. The lowest BCUT2D eigenvalue weighted by atomic mass is 10.0. The van der Waals surface area contributed by atoms with Crippen molar-refractivity contribution in [2.24, 2.45) is 0 Å². The van der Waals surface area contributed by atoms with E-state index >= 15 is 0 Å². The molecule has 0 aliphatic heterocycles. The standard InChI is InChI=1S/C11H11ClF4O/c12-10-7(3-1-4-8(10)13)9(17)5-2-6-11(14,15)16/h1,3-4,9,17H,2,5-6H2. The summed E-state index contributed by atoms with van der Waals surface area (Å²) in [5, 5.41) is 9.36. The summed E-state index contributed by atoms with van der Waals surface area (Å²) in [6, 6.07) is 3.86. The van der Waals surface area contributed by atoms with Gasteiger partial charge in [-0.15, -0.1) is 0 Å². The zero-order chi connectivity index (χ0) is 13.1. The van der Waals surface area contributed by atoms with E-state index < -0.39 is 24.5 Å². The third kappa shape index (κ3) is 4.52. The Balaban J connectivity index is 2.58. The fourth-order valence-corrected chi connectivity index (χ4v) is 1.68. The van der Waals surface area contributed by atoms with Gasteiger partial charge in [0, 0.05) is 12.0 Å². The third-order valence-corrected chi connectivity index (χ3v) is 2.68. The molecule has 1 rings (SSSR count). The number of aliphatic hydroxyl groups excluding tert-OH is 1. The molecule has 96 valence electrons. The van der Waals surface area contributed by atoms with Crippen molar-refractivity contribution >= 4 is 11.6 Å². The molecule has 0 spiro atoms. The second-order valence-corrected chi connectivity index (χ2v) is 4.04. The summed E-state index contributed by atoms with van der Waals surface area (Å²) in [5.41, 5.74) is 0.119. The number of halogens is 5. The van der Waals surface area contributed by atoms with Crippen molar-refractivity contribution in [2.45, 2.75) is 31.5 Å². The van der Waals surface area contributed by atoms with E-state index in [1.54, 1.807) is 0 Å². The van der Waals surface area contributed by atoms with Crippen LogP contribution in [-0.2, 0) is 0 Å². The van der Waals surface area contributed by atoms with Crippen LogP contribution in [0.2, 0.25) is 5.02 Å². The van der Waals surface area contributed by atoms with Crippen molar-refractivity contribution in [3.8, 4) is 0 Å². The number of alkyl halides is 3. The topological polar surface area (TPSA) is 20.2 Å². The zero-order valence-electron chi connectivity index (χ0n) is 8.77. The van der Waals surface area contributed by atoms with Crippen LogP contribution in [0.25, 0.3) is 0 Å². The predicted molar refractivity (Wildman–Crippen MR) is 56.3 cm³/mol. The quantitative estimate of drug-likeness (QED) is 0.811. The molecule has 1 unspecified atom stereocenters. The molecular weight excluding hydrogens is 260 g/mol. The molecule has 0 amide bonds. The molecule has 0 aliphatic rings. The average molecular weight is 271 g/mol. The first kappa shape index (κ1) is 14.3. The minimum Gasteiger partial charge on any atom is -0.388 e. The van der Waals surface area contributed by atoms with Crippen LogP contribution in [0, 0.1) is 5.82 Å². The van der Waals surface area contributed by atoms with Crippen molar-refractivity contribution in [1.82, 2.24) is 0 Å². The molecular formula is C11H11ClF4O. The number of aliphatic hydroxyl groups is 1. The largest absolute Gasteiger partial charge is 0.389 e. The zero-order valence-corrected chi connectivity index (χ0v) is 9.52. The molecule has 1 atom stereocenters. The van der Waals surface area contributed by atoms with Gasteiger partial charge >= 0.3 is 6.18 Å². The Hall–Kier alpha value is -0.810. The molecule has 0 saturated carbocycles. The summed E-state index contributed by atoms with van der Waals surface area (Å²) in [7, 11) is 0. The molecule has 0 radical (unpaired) electrons. The van der Waals surface area contributed by atoms with Crippen LogP contribution in [0.3, 0.4) is 0 Å². The van der Waals surface area contributed by atoms with Crippen LogP contribution < -0.4 is 0 Å². The summed E-state index contributed by atoms with van der Waals surface area (Å²) < 4.78 is 48.7. The van der Waals surface area contributed by atoms with Gasteiger partial charge in [0.1, 0.15) is 5.82 Å². The molecule has 0 aromatic heterocycles. The smallest absolute Gasteiger partial charge is 0.388 e. The maximum Gasteiger partial charge on any atom is 0.389 e. The lowest BCUT2D eigenvalue weighted by molar-refractivity contribution is -0.136. The minimum atomic E-state index is -4.24. The fraction of sp³-hybridized carbons (Fsp3) is 0.455. The van der Waals surface area contributed by atoms with E-state index in [1.165, 1.54) is 12.1 Å². The van der Waals surface area contributed by atoms with Crippen molar-refractivity contribution in [3.63, 3.8) is 0 Å². The van der Waals surface area contributed by atoms with Crippen molar-refractivity contribution in [2.75, 3.05) is 0 Å². The Morgan fingerprint density at radius 2 is 1.94 bits per heavy atom. The first-order chi connectivity index (χ1) is 7.81. The van der Waals surface area contributed by atoms with E-state index in [0.717, 1.165) is 6.07 Å². The van der Waals surface area contributed by atoms with E-state index in [1.807, 2.05) is 0 Å².